The maximum absolute atomic E-state index is 13.3. The number of nitrogens with one attached hydrogen (secondary N) is 2. The van der Waals surface area contributed by atoms with Crippen molar-refractivity contribution in [3.63, 3.8) is 0 Å². The minimum absolute atomic E-state index is 0.00632. The Balaban J connectivity index is 1.44. The smallest absolute Gasteiger partial charge is 0.337 e. The van der Waals surface area contributed by atoms with E-state index in [-0.39, 0.29) is 39.0 Å². The van der Waals surface area contributed by atoms with E-state index in [0.717, 1.165) is 11.6 Å². The number of imidazole rings is 1. The molecule has 0 saturated carbocycles. The Hall–Kier alpha value is -5.18. The van der Waals surface area contributed by atoms with Crippen molar-refractivity contribution in [1.82, 2.24) is 9.55 Å². The number of aromatic nitrogens is 2. The second kappa shape index (κ2) is 14.5. The van der Waals surface area contributed by atoms with Gasteiger partial charge in [-0.15, -0.1) is 0 Å². The van der Waals surface area contributed by atoms with Crippen LogP contribution in [0, 0.1) is 6.92 Å². The Morgan fingerprint density at radius 3 is 2.31 bits per heavy atom. The third-order valence-electron chi connectivity index (χ3n) is 7.31. The van der Waals surface area contributed by atoms with Crippen molar-refractivity contribution in [2.24, 2.45) is 0 Å². The van der Waals surface area contributed by atoms with Gasteiger partial charge in [0.05, 0.1) is 34.0 Å². The van der Waals surface area contributed by atoms with Crippen LogP contribution in [0.4, 0.5) is 11.4 Å². The highest BCUT2D eigenvalue weighted by Gasteiger charge is 2.31. The second-order valence-corrected chi connectivity index (χ2v) is 14.2. The first kappa shape index (κ1) is 35.1. The molecular formula is C34H28BrClN4O8S. The average molecular weight is 768 g/mol. The predicted molar refractivity (Wildman–Crippen MR) is 187 cm³/mol. The molecule has 0 saturated heterocycles. The van der Waals surface area contributed by atoms with E-state index in [1.54, 1.807) is 34.9 Å². The summed E-state index contributed by atoms with van der Waals surface area (Å²) in [4.78, 5) is 42.5. The van der Waals surface area contributed by atoms with Crippen molar-refractivity contribution >= 4 is 66.5 Å². The first-order chi connectivity index (χ1) is 23.3. The van der Waals surface area contributed by atoms with Gasteiger partial charge in [0.2, 0.25) is 5.91 Å². The Labute approximate surface area is 294 Å². The zero-order chi connectivity index (χ0) is 35.5. The first-order valence-electron chi connectivity index (χ1n) is 14.4. The maximum Gasteiger partial charge on any atom is 0.337 e. The molecule has 15 heteroatoms. The van der Waals surface area contributed by atoms with Crippen molar-refractivity contribution < 1.29 is 37.4 Å². The molecule has 3 N–H and O–H groups in total. The van der Waals surface area contributed by atoms with Crippen LogP contribution in [-0.4, -0.2) is 53.2 Å². The van der Waals surface area contributed by atoms with Crippen LogP contribution in [-0.2, 0) is 19.4 Å². The van der Waals surface area contributed by atoms with E-state index in [9.17, 15) is 27.9 Å². The number of hydrogen-bond donors (Lipinski definition) is 3. The van der Waals surface area contributed by atoms with Gasteiger partial charge in [-0.3, -0.25) is 9.59 Å². The monoisotopic (exact) mass is 766 g/mol. The zero-order valence-electron chi connectivity index (χ0n) is 26.1. The van der Waals surface area contributed by atoms with Gasteiger partial charge in [-0.05, 0) is 84.4 Å². The molecule has 0 aliphatic heterocycles. The molecule has 4 aromatic carbocycles. The molecule has 2 amide bonds. The van der Waals surface area contributed by atoms with Gasteiger partial charge >= 0.3 is 5.97 Å². The van der Waals surface area contributed by atoms with E-state index in [1.165, 1.54) is 69.0 Å². The maximum atomic E-state index is 13.3. The van der Waals surface area contributed by atoms with Crippen LogP contribution in [0.15, 0.2) is 101 Å². The van der Waals surface area contributed by atoms with Crippen molar-refractivity contribution in [2.45, 2.75) is 24.0 Å². The average Bonchev–Trinajstić information content (AvgIpc) is 3.58. The number of phenols is 1. The van der Waals surface area contributed by atoms with E-state index < -0.39 is 38.6 Å². The van der Waals surface area contributed by atoms with Gasteiger partial charge in [-0.25, -0.2) is 18.2 Å². The van der Waals surface area contributed by atoms with Crippen LogP contribution in [0.1, 0.15) is 33.3 Å². The van der Waals surface area contributed by atoms with E-state index in [1.807, 2.05) is 6.92 Å². The van der Waals surface area contributed by atoms with Gasteiger partial charge in [-0.2, -0.15) is 0 Å². The van der Waals surface area contributed by atoms with Gasteiger partial charge < -0.3 is 29.8 Å². The summed E-state index contributed by atoms with van der Waals surface area (Å²) in [5, 5.41) is 15.0. The number of anilines is 2. The zero-order valence-corrected chi connectivity index (χ0v) is 29.3. The molecule has 12 nitrogen and oxygen atoms in total. The molecule has 5 aromatic rings. The Morgan fingerprint density at radius 1 is 0.959 bits per heavy atom. The van der Waals surface area contributed by atoms with Gasteiger partial charge in [0.1, 0.15) is 28.8 Å². The molecule has 0 spiro atoms. The summed E-state index contributed by atoms with van der Waals surface area (Å²) in [5.74, 6) is -2.48. The van der Waals surface area contributed by atoms with Crippen molar-refractivity contribution in [3.8, 4) is 22.9 Å². The number of rotatable bonds is 10. The normalized spacial score (nSPS) is 11.8. The summed E-state index contributed by atoms with van der Waals surface area (Å²) in [6.45, 7) is 3.05. The lowest BCUT2D eigenvalue weighted by molar-refractivity contribution is -0.115. The molecular weight excluding hydrogens is 740 g/mol. The predicted octanol–water partition coefficient (Wildman–Crippen LogP) is 6.93. The highest BCUT2D eigenvalue weighted by Crippen LogP contribution is 2.39. The SMILES string of the molecule is COC(=O)c1ccc(Oc2cc(NC(=O)c3cn(-c4ccc(Br)c(Cl)c4)cn3)c(O)cc2NC(=O)C(C)S(=O)(=O)c2ccc(C)cc2)cc1. The summed E-state index contributed by atoms with van der Waals surface area (Å²) < 4.78 is 39.4. The number of nitrogens with zero attached hydrogens (tertiary/aromatic N) is 2. The highest BCUT2D eigenvalue weighted by atomic mass is 79.9. The molecule has 5 rings (SSSR count). The van der Waals surface area contributed by atoms with Gasteiger partial charge in [-0.1, -0.05) is 29.3 Å². The fraction of sp³-hybridized carbons (Fsp3) is 0.118. The minimum atomic E-state index is -4.08. The fourth-order valence-electron chi connectivity index (χ4n) is 4.48. The lowest BCUT2D eigenvalue weighted by Crippen LogP contribution is -2.32. The molecule has 252 valence electrons. The number of methoxy groups -OCH3 is 1. The van der Waals surface area contributed by atoms with Crippen LogP contribution in [0.2, 0.25) is 5.02 Å². The van der Waals surface area contributed by atoms with Crippen LogP contribution >= 0.6 is 27.5 Å². The number of ether oxygens (including phenoxy) is 2. The molecule has 0 aliphatic carbocycles. The van der Waals surface area contributed by atoms with Crippen molar-refractivity contribution in [2.75, 3.05) is 17.7 Å². The molecule has 0 aliphatic rings. The second-order valence-electron chi connectivity index (χ2n) is 10.7. The molecule has 1 atom stereocenters. The topological polar surface area (TPSA) is 166 Å². The van der Waals surface area contributed by atoms with Gasteiger partial charge in [0.25, 0.3) is 5.91 Å². The molecule has 0 bridgehead atoms. The molecule has 49 heavy (non-hydrogen) atoms. The number of carbonyl (C=O) groups excluding carboxylic acids is 3. The number of halogens is 2. The van der Waals surface area contributed by atoms with Crippen molar-refractivity contribution in [3.05, 3.63) is 118 Å². The van der Waals surface area contributed by atoms with Gasteiger partial charge in [0, 0.05) is 28.5 Å². The first-order valence-corrected chi connectivity index (χ1v) is 17.1. The van der Waals surface area contributed by atoms with Gasteiger partial charge in [0.15, 0.2) is 15.6 Å². The number of aromatic hydroxyl groups is 1. The lowest BCUT2D eigenvalue weighted by atomic mass is 10.2. The van der Waals surface area contributed by atoms with Crippen LogP contribution < -0.4 is 15.4 Å². The number of carbonyl (C=O) groups is 3. The van der Waals surface area contributed by atoms with Crippen LogP contribution in [0.3, 0.4) is 0 Å². The number of benzene rings is 4. The molecule has 0 fully saturated rings. The van der Waals surface area contributed by atoms with E-state index >= 15 is 0 Å². The summed E-state index contributed by atoms with van der Waals surface area (Å²) in [6.07, 6.45) is 2.89. The van der Waals surface area contributed by atoms with Crippen molar-refractivity contribution in [1.29, 1.82) is 0 Å². The molecule has 1 unspecified atom stereocenters. The van der Waals surface area contributed by atoms with E-state index in [2.05, 4.69) is 31.5 Å². The number of hydrogen-bond acceptors (Lipinski definition) is 9. The molecule has 1 heterocycles. The Bertz CT molecular complexity index is 2170. The number of phenolic OH excluding ortho intramolecular Hbond substituents is 1. The minimum Gasteiger partial charge on any atom is -0.506 e. The lowest BCUT2D eigenvalue weighted by Gasteiger charge is -2.18. The molecule has 0 radical (unpaired) electrons. The third kappa shape index (κ3) is 7.94. The van der Waals surface area contributed by atoms with Crippen LogP contribution in [0.5, 0.6) is 17.2 Å². The largest absolute Gasteiger partial charge is 0.506 e. The summed E-state index contributed by atoms with van der Waals surface area (Å²) in [6, 6.07) is 19.5. The number of aryl methyl sites for hydroxylation is 1. The number of sulfone groups is 1. The quantitative estimate of drug-likeness (QED) is 0.101. The molecule has 1 aromatic heterocycles. The highest BCUT2D eigenvalue weighted by molar-refractivity contribution is 9.10. The Morgan fingerprint density at radius 2 is 1.65 bits per heavy atom. The summed E-state index contributed by atoms with van der Waals surface area (Å²) in [7, 11) is -2.84. The van der Waals surface area contributed by atoms with E-state index in [4.69, 9.17) is 21.1 Å². The van der Waals surface area contributed by atoms with Crippen LogP contribution in [0.25, 0.3) is 5.69 Å². The summed E-state index contributed by atoms with van der Waals surface area (Å²) >= 11 is 9.53. The van der Waals surface area contributed by atoms with E-state index in [0.29, 0.717) is 15.2 Å². The number of amides is 2. The summed E-state index contributed by atoms with van der Waals surface area (Å²) in [5.41, 5.74) is 1.55. The third-order valence-corrected chi connectivity index (χ3v) is 10.6. The number of esters is 1. The Kier molecular flexibility index (Phi) is 10.4. The fourth-order valence-corrected chi connectivity index (χ4v) is 6.16. The standard InChI is InChI=1S/C34H28BrClN4O8S/c1-19-4-11-24(12-5-19)49(45,46)20(2)32(42)39-28-15-30(41)27(16-31(28)48-23-9-6-21(7-10-23)34(44)47-3)38-33(43)29-17-40(18-37-29)22-8-13-25(35)26(36)14-22/h4-18,20,41H,1-3H3,(H,38,43)(H,39,42).